The van der Waals surface area contributed by atoms with E-state index in [1.807, 2.05) is 0 Å². The molecule has 1 fully saturated rings. The minimum absolute atomic E-state index is 0.124. The molecule has 1 aliphatic heterocycles. The maximum absolute atomic E-state index is 10.8. The van der Waals surface area contributed by atoms with E-state index in [4.69, 9.17) is 0 Å². The molecule has 1 aromatic carbocycles. The molecule has 0 radical (unpaired) electrons. The summed E-state index contributed by atoms with van der Waals surface area (Å²) in [7, 11) is 0. The van der Waals surface area contributed by atoms with Crippen LogP contribution in [0.4, 0.5) is 0 Å². The van der Waals surface area contributed by atoms with E-state index in [0.717, 1.165) is 22.9 Å². The normalized spacial score (nSPS) is 25.3. The molecule has 3 atom stereocenters. The van der Waals surface area contributed by atoms with Crippen LogP contribution < -0.4 is 4.90 Å². The quantitative estimate of drug-likeness (QED) is 0.757. The topological polar surface area (TPSA) is 54.9 Å². The van der Waals surface area contributed by atoms with Crippen molar-refractivity contribution in [2.45, 2.75) is 33.2 Å². The number of aryl methyl sites for hydroxylation is 1. The van der Waals surface area contributed by atoms with Crippen LogP contribution in [0.5, 0.6) is 5.88 Å². The molecule has 0 saturated carbocycles. The molecule has 25 heavy (non-hydrogen) atoms. The van der Waals surface area contributed by atoms with E-state index in [9.17, 15) is 5.11 Å². The Labute approximate surface area is 151 Å². The molecule has 0 aliphatic carbocycles. The van der Waals surface area contributed by atoms with Gasteiger partial charge in [-0.15, -0.1) is 0 Å². The first-order valence-electron chi connectivity index (χ1n) is 8.95. The number of thiazole rings is 1. The first-order valence-corrected chi connectivity index (χ1v) is 9.77. The number of nitrogens with zero attached hydrogens (tertiary/aromatic N) is 3. The largest absolute Gasteiger partial charge is 0.492 e. The highest BCUT2D eigenvalue weighted by molar-refractivity contribution is 7.17. The lowest BCUT2D eigenvalue weighted by molar-refractivity contribution is -0.936. The Morgan fingerprint density at radius 2 is 1.88 bits per heavy atom. The number of benzene rings is 1. The van der Waals surface area contributed by atoms with Crippen LogP contribution in [0.25, 0.3) is 4.96 Å². The van der Waals surface area contributed by atoms with Crippen LogP contribution in [0.15, 0.2) is 30.6 Å². The lowest BCUT2D eigenvalue weighted by Crippen LogP contribution is -3.14. The monoisotopic (exact) mass is 357 g/mol. The second-order valence-corrected chi connectivity index (χ2v) is 8.61. The zero-order chi connectivity index (χ0) is 17.6. The zero-order valence-electron chi connectivity index (χ0n) is 14.9. The predicted octanol–water partition coefficient (Wildman–Crippen LogP) is 2.46. The second-order valence-electron chi connectivity index (χ2n) is 7.60. The number of fused-ring (bicyclic) bond motifs is 1. The Morgan fingerprint density at radius 1 is 1.20 bits per heavy atom. The summed E-state index contributed by atoms with van der Waals surface area (Å²) in [5.41, 5.74) is 2.51. The van der Waals surface area contributed by atoms with Crippen LogP contribution in [0.3, 0.4) is 0 Å². The summed E-state index contributed by atoms with van der Waals surface area (Å²) in [4.78, 5) is 7.51. The molecule has 3 heterocycles. The molecule has 0 bridgehead atoms. The van der Waals surface area contributed by atoms with Gasteiger partial charge in [0.25, 0.3) is 0 Å². The van der Waals surface area contributed by atoms with Crippen molar-refractivity contribution >= 4 is 16.3 Å². The van der Waals surface area contributed by atoms with Crippen LogP contribution in [0.1, 0.15) is 42.3 Å². The van der Waals surface area contributed by atoms with Crippen molar-refractivity contribution in [1.29, 1.82) is 0 Å². The summed E-state index contributed by atoms with van der Waals surface area (Å²) in [6, 6.07) is 8.84. The van der Waals surface area contributed by atoms with E-state index in [2.05, 4.69) is 55.1 Å². The van der Waals surface area contributed by atoms with E-state index in [0.29, 0.717) is 11.8 Å². The van der Waals surface area contributed by atoms with Crippen molar-refractivity contribution in [2.24, 2.45) is 11.8 Å². The molecule has 2 aromatic heterocycles. The molecule has 0 spiro atoms. The summed E-state index contributed by atoms with van der Waals surface area (Å²) in [5, 5.41) is 14.9. The average molecular weight is 358 g/mol. The summed E-state index contributed by atoms with van der Waals surface area (Å²) in [6.45, 7) is 9.03. The molecule has 4 rings (SSSR count). The van der Waals surface area contributed by atoms with Crippen molar-refractivity contribution in [2.75, 3.05) is 13.1 Å². The summed E-state index contributed by atoms with van der Waals surface area (Å²) in [6.07, 6.45) is 2.78. The minimum Gasteiger partial charge on any atom is -0.492 e. The molecule has 0 unspecified atom stereocenters. The number of rotatable bonds is 3. The molecule has 0 amide bonds. The molecule has 6 heteroatoms. The lowest BCUT2D eigenvalue weighted by Gasteiger charge is -2.37. The smallest absolute Gasteiger partial charge is 0.235 e. The zero-order valence-corrected chi connectivity index (χ0v) is 15.8. The van der Waals surface area contributed by atoms with E-state index in [1.165, 1.54) is 28.8 Å². The molecular weight excluding hydrogens is 332 g/mol. The molecule has 1 saturated heterocycles. The van der Waals surface area contributed by atoms with Crippen molar-refractivity contribution in [1.82, 2.24) is 14.6 Å². The van der Waals surface area contributed by atoms with E-state index < -0.39 is 0 Å². The van der Waals surface area contributed by atoms with Gasteiger partial charge in [-0.1, -0.05) is 55.0 Å². The molecule has 132 valence electrons. The fourth-order valence-electron chi connectivity index (χ4n) is 4.28. The third-order valence-corrected chi connectivity index (χ3v) is 6.34. The molecule has 3 aromatic rings. The maximum Gasteiger partial charge on any atom is 0.235 e. The van der Waals surface area contributed by atoms with Gasteiger partial charge in [-0.2, -0.15) is 9.61 Å². The van der Waals surface area contributed by atoms with Gasteiger partial charge >= 0.3 is 0 Å². The molecule has 1 aliphatic rings. The Kier molecular flexibility index (Phi) is 4.25. The summed E-state index contributed by atoms with van der Waals surface area (Å²) in [5.74, 6) is 1.62. The summed E-state index contributed by atoms with van der Waals surface area (Å²) >= 11 is 1.55. The number of hydrogen-bond acceptors (Lipinski definition) is 4. The SMILES string of the molecule is Cc1ccc([C@H](c2sc3ncnn3c2O)[NH+]2C[C@@H](C)C[C@H](C)C2)cc1. The van der Waals surface area contributed by atoms with Crippen LogP contribution in [0, 0.1) is 18.8 Å². The van der Waals surface area contributed by atoms with Crippen LogP contribution in [-0.2, 0) is 0 Å². The third kappa shape index (κ3) is 3.04. The maximum atomic E-state index is 10.8. The Hall–Kier alpha value is -1.92. The second kappa shape index (κ2) is 6.42. The predicted molar refractivity (Wildman–Crippen MR) is 99.2 cm³/mol. The number of likely N-dealkylation sites (tertiary alicyclic amines) is 1. The Morgan fingerprint density at radius 3 is 2.52 bits per heavy atom. The van der Waals surface area contributed by atoms with Gasteiger partial charge in [0, 0.05) is 17.4 Å². The highest BCUT2D eigenvalue weighted by Gasteiger charge is 2.36. The molecule has 5 nitrogen and oxygen atoms in total. The average Bonchev–Trinajstić information content (AvgIpc) is 3.13. The van der Waals surface area contributed by atoms with Crippen LogP contribution in [0.2, 0.25) is 0 Å². The lowest BCUT2D eigenvalue weighted by atomic mass is 9.89. The number of aromatic hydroxyl groups is 1. The highest BCUT2D eigenvalue weighted by atomic mass is 32.1. The van der Waals surface area contributed by atoms with E-state index in [-0.39, 0.29) is 11.9 Å². The fraction of sp³-hybridized carbons (Fsp3) is 0.474. The van der Waals surface area contributed by atoms with Gasteiger partial charge in [0.2, 0.25) is 10.8 Å². The standard InChI is InChI=1S/C19H24N4OS/c1-12-4-6-15(7-5-12)16(22-9-13(2)8-14(3)10-22)17-18(24)23-19(25-17)20-11-21-23/h4-7,11,13-14,16,24H,8-10H2,1-3H3/p+1/t13-,14-,16+/m0/s1. The molecular formula is C19H25N4OS+. The van der Waals surface area contributed by atoms with Crippen LogP contribution in [-0.4, -0.2) is 32.8 Å². The van der Waals surface area contributed by atoms with E-state index >= 15 is 0 Å². The number of hydrogen-bond donors (Lipinski definition) is 2. The Balaban J connectivity index is 1.81. The van der Waals surface area contributed by atoms with Gasteiger partial charge in [-0.3, -0.25) is 0 Å². The molecule has 2 N–H and O–H groups in total. The Bertz CT molecular complexity index is 859. The minimum atomic E-state index is 0.124. The first kappa shape index (κ1) is 16.5. The van der Waals surface area contributed by atoms with Gasteiger partial charge in [0.05, 0.1) is 13.1 Å². The number of aromatic nitrogens is 3. The van der Waals surface area contributed by atoms with Crippen molar-refractivity contribution in [3.63, 3.8) is 0 Å². The van der Waals surface area contributed by atoms with Gasteiger partial charge in [0.1, 0.15) is 11.2 Å². The number of nitrogens with one attached hydrogen (secondary N) is 1. The highest BCUT2D eigenvalue weighted by Crippen LogP contribution is 2.35. The van der Waals surface area contributed by atoms with Crippen molar-refractivity contribution in [3.8, 4) is 5.88 Å². The van der Waals surface area contributed by atoms with Gasteiger partial charge in [-0.25, -0.2) is 4.98 Å². The summed E-state index contributed by atoms with van der Waals surface area (Å²) < 4.78 is 1.55. The van der Waals surface area contributed by atoms with Gasteiger partial charge < -0.3 is 10.0 Å². The fourth-order valence-corrected chi connectivity index (χ4v) is 5.40. The van der Waals surface area contributed by atoms with Crippen molar-refractivity contribution < 1.29 is 10.0 Å². The number of piperidine rings is 1. The van der Waals surface area contributed by atoms with Gasteiger partial charge in [-0.05, 0) is 13.3 Å². The van der Waals surface area contributed by atoms with Gasteiger partial charge in [0.15, 0.2) is 6.04 Å². The van der Waals surface area contributed by atoms with Crippen molar-refractivity contribution in [3.05, 3.63) is 46.6 Å². The van der Waals surface area contributed by atoms with E-state index in [1.54, 1.807) is 15.9 Å². The number of quaternary nitrogens is 1. The first-order chi connectivity index (χ1) is 12.0. The van der Waals surface area contributed by atoms with Crippen LogP contribution >= 0.6 is 11.3 Å². The third-order valence-electron chi connectivity index (χ3n) is 5.25.